The van der Waals surface area contributed by atoms with Gasteiger partial charge in [0.25, 0.3) is 0 Å². The number of piperazine rings is 1. The Morgan fingerprint density at radius 3 is 2.71 bits per heavy atom. The van der Waals surface area contributed by atoms with E-state index < -0.39 is 0 Å². The maximum atomic E-state index is 12.6. The Morgan fingerprint density at radius 1 is 1.19 bits per heavy atom. The molecule has 7 nitrogen and oxygen atoms in total. The minimum absolute atomic E-state index is 0.0614. The van der Waals surface area contributed by atoms with Crippen molar-refractivity contribution >= 4 is 23.1 Å². The zero-order chi connectivity index (χ0) is 21.5. The largest absolute Gasteiger partial charge is 0.494 e. The highest BCUT2D eigenvalue weighted by Crippen LogP contribution is 2.23. The number of anilines is 1. The highest BCUT2D eigenvalue weighted by Gasteiger charge is 2.22. The van der Waals surface area contributed by atoms with Crippen molar-refractivity contribution in [1.29, 1.82) is 0 Å². The summed E-state index contributed by atoms with van der Waals surface area (Å²) in [6, 6.07) is 11.3. The van der Waals surface area contributed by atoms with E-state index in [1.165, 1.54) is 0 Å². The molecule has 0 saturated carbocycles. The predicted octanol–water partition coefficient (Wildman–Crippen LogP) is 4.93. The molecular formula is C23H28N4O3S. The molecule has 31 heavy (non-hydrogen) atoms. The van der Waals surface area contributed by atoms with E-state index in [0.717, 1.165) is 67.0 Å². The Bertz CT molecular complexity index is 948. The van der Waals surface area contributed by atoms with Gasteiger partial charge in [-0.2, -0.15) is 0 Å². The summed E-state index contributed by atoms with van der Waals surface area (Å²) < 4.78 is 11.1. The summed E-state index contributed by atoms with van der Waals surface area (Å²) in [6.07, 6.45) is 3.81. The molecule has 2 aromatic heterocycles. The van der Waals surface area contributed by atoms with Crippen molar-refractivity contribution in [3.63, 3.8) is 0 Å². The Labute approximate surface area is 186 Å². The lowest BCUT2D eigenvalue weighted by molar-refractivity contribution is 0.143. The molecule has 0 bridgehead atoms. The van der Waals surface area contributed by atoms with E-state index in [4.69, 9.17) is 9.15 Å². The van der Waals surface area contributed by atoms with Crippen LogP contribution in [0.2, 0.25) is 0 Å². The van der Waals surface area contributed by atoms with Crippen molar-refractivity contribution in [3.05, 3.63) is 53.0 Å². The lowest BCUT2D eigenvalue weighted by Gasteiger charge is -2.34. The second-order valence-electron chi connectivity index (χ2n) is 7.52. The molecule has 3 heterocycles. The predicted molar refractivity (Wildman–Crippen MR) is 123 cm³/mol. The lowest BCUT2D eigenvalue weighted by Crippen LogP contribution is -2.49. The number of nitrogens with zero attached hydrogens (tertiary/aromatic N) is 3. The number of ether oxygens (including phenoxy) is 1. The summed E-state index contributed by atoms with van der Waals surface area (Å²) >= 11 is 1.64. The molecule has 1 saturated heterocycles. The van der Waals surface area contributed by atoms with Gasteiger partial charge in [-0.05, 0) is 42.8 Å². The van der Waals surface area contributed by atoms with Crippen molar-refractivity contribution in [1.82, 2.24) is 14.8 Å². The Kier molecular flexibility index (Phi) is 7.22. The molecular weight excluding hydrogens is 412 g/mol. The summed E-state index contributed by atoms with van der Waals surface area (Å²) in [4.78, 5) is 21.5. The minimum Gasteiger partial charge on any atom is -0.494 e. The van der Waals surface area contributed by atoms with Crippen LogP contribution in [0.3, 0.4) is 0 Å². The van der Waals surface area contributed by atoms with E-state index in [2.05, 4.69) is 22.1 Å². The normalized spacial score (nSPS) is 14.5. The molecule has 0 radical (unpaired) electrons. The number of rotatable bonds is 8. The number of unbranched alkanes of at least 4 members (excludes halogenated alkanes) is 1. The summed E-state index contributed by atoms with van der Waals surface area (Å²) in [5.74, 6) is 1.63. The summed E-state index contributed by atoms with van der Waals surface area (Å²) in [5, 5.41) is 6.07. The van der Waals surface area contributed by atoms with Crippen LogP contribution in [0.25, 0.3) is 11.5 Å². The number of hydrogen-bond donors (Lipinski definition) is 1. The van der Waals surface area contributed by atoms with E-state index in [1.807, 2.05) is 46.7 Å². The molecule has 1 fully saturated rings. The van der Waals surface area contributed by atoms with Crippen LogP contribution in [0.4, 0.5) is 10.5 Å². The zero-order valence-corrected chi connectivity index (χ0v) is 18.6. The quantitative estimate of drug-likeness (QED) is 0.503. The average Bonchev–Trinajstić information content (AvgIpc) is 3.48. The second kappa shape index (κ2) is 10.5. The zero-order valence-electron chi connectivity index (χ0n) is 17.8. The lowest BCUT2D eigenvalue weighted by atomic mass is 10.3. The first-order valence-electron chi connectivity index (χ1n) is 10.7. The van der Waals surface area contributed by atoms with Gasteiger partial charge >= 0.3 is 6.03 Å². The van der Waals surface area contributed by atoms with Crippen LogP contribution in [0, 0.1) is 0 Å². The maximum Gasteiger partial charge on any atom is 0.321 e. The molecule has 2 amide bonds. The number of aromatic nitrogens is 1. The molecule has 3 aromatic rings. The average molecular weight is 441 g/mol. The van der Waals surface area contributed by atoms with Gasteiger partial charge in [0, 0.05) is 37.2 Å². The number of nitrogens with one attached hydrogen (secondary N) is 1. The summed E-state index contributed by atoms with van der Waals surface area (Å²) in [6.45, 7) is 6.69. The van der Waals surface area contributed by atoms with Gasteiger partial charge in [-0.15, -0.1) is 11.3 Å². The second-order valence-corrected chi connectivity index (χ2v) is 8.47. The Hall–Kier alpha value is -2.84. The number of carbonyl (C=O) groups excluding carboxylic acids is 1. The maximum absolute atomic E-state index is 12.6. The van der Waals surface area contributed by atoms with Gasteiger partial charge in [-0.25, -0.2) is 9.78 Å². The molecule has 0 aliphatic carbocycles. The highest BCUT2D eigenvalue weighted by atomic mass is 32.1. The highest BCUT2D eigenvalue weighted by molar-refractivity contribution is 7.09. The number of urea groups is 1. The van der Waals surface area contributed by atoms with Crippen LogP contribution in [0.1, 0.15) is 24.8 Å². The fourth-order valence-corrected chi connectivity index (χ4v) is 4.22. The van der Waals surface area contributed by atoms with Gasteiger partial charge in [-0.1, -0.05) is 13.3 Å². The van der Waals surface area contributed by atoms with Gasteiger partial charge in [-0.3, -0.25) is 4.90 Å². The molecule has 4 rings (SSSR count). The molecule has 0 atom stereocenters. The van der Waals surface area contributed by atoms with Crippen LogP contribution < -0.4 is 10.1 Å². The smallest absolute Gasteiger partial charge is 0.321 e. The molecule has 8 heteroatoms. The van der Waals surface area contributed by atoms with Gasteiger partial charge < -0.3 is 19.4 Å². The molecule has 1 aliphatic rings. The number of thiazole rings is 1. The SMILES string of the molecule is CCCCOc1ccc(NC(=O)N2CCN(Cc3nc(-c4ccco4)cs3)CC2)cc1. The summed E-state index contributed by atoms with van der Waals surface area (Å²) in [5.41, 5.74) is 1.66. The van der Waals surface area contributed by atoms with Gasteiger partial charge in [0.2, 0.25) is 0 Å². The van der Waals surface area contributed by atoms with Crippen molar-refractivity contribution in [2.24, 2.45) is 0 Å². The van der Waals surface area contributed by atoms with Crippen molar-refractivity contribution in [3.8, 4) is 17.2 Å². The molecule has 1 aromatic carbocycles. The van der Waals surface area contributed by atoms with Crippen LogP contribution in [-0.4, -0.2) is 53.6 Å². The van der Waals surface area contributed by atoms with Gasteiger partial charge in [0.15, 0.2) is 5.76 Å². The van der Waals surface area contributed by atoms with E-state index >= 15 is 0 Å². The third kappa shape index (κ3) is 5.86. The number of amides is 2. The van der Waals surface area contributed by atoms with E-state index in [-0.39, 0.29) is 6.03 Å². The number of hydrogen-bond acceptors (Lipinski definition) is 6. The van der Waals surface area contributed by atoms with Crippen LogP contribution in [0.5, 0.6) is 5.75 Å². The monoisotopic (exact) mass is 440 g/mol. The van der Waals surface area contributed by atoms with E-state index in [9.17, 15) is 4.79 Å². The molecule has 1 N–H and O–H groups in total. The van der Waals surface area contributed by atoms with Gasteiger partial charge in [0.1, 0.15) is 16.5 Å². The standard InChI is InChI=1S/C23H28N4O3S/c1-2-3-14-29-19-8-6-18(7-9-19)24-23(28)27-12-10-26(11-13-27)16-22-25-20(17-31-22)21-5-4-15-30-21/h4-9,15,17H,2-3,10-14,16H2,1H3,(H,24,28). The van der Waals surface area contributed by atoms with Crippen LogP contribution in [0.15, 0.2) is 52.5 Å². The molecule has 0 unspecified atom stereocenters. The van der Waals surface area contributed by atoms with E-state index in [0.29, 0.717) is 13.1 Å². The number of carbonyl (C=O) groups is 1. The number of benzene rings is 1. The van der Waals surface area contributed by atoms with E-state index in [1.54, 1.807) is 17.6 Å². The van der Waals surface area contributed by atoms with Crippen LogP contribution >= 0.6 is 11.3 Å². The first kappa shape index (κ1) is 21.4. The first-order valence-corrected chi connectivity index (χ1v) is 11.6. The molecule has 0 spiro atoms. The first-order chi connectivity index (χ1) is 15.2. The fraction of sp³-hybridized carbons (Fsp3) is 0.391. The fourth-order valence-electron chi connectivity index (χ4n) is 3.39. The summed E-state index contributed by atoms with van der Waals surface area (Å²) in [7, 11) is 0. The van der Waals surface area contributed by atoms with Crippen LogP contribution in [-0.2, 0) is 6.54 Å². The molecule has 164 valence electrons. The van der Waals surface area contributed by atoms with Gasteiger partial charge in [0.05, 0.1) is 19.4 Å². The molecule has 1 aliphatic heterocycles. The van der Waals surface area contributed by atoms with Crippen molar-refractivity contribution < 1.29 is 13.9 Å². The topological polar surface area (TPSA) is 70.8 Å². The minimum atomic E-state index is -0.0614. The van der Waals surface area contributed by atoms with Crippen molar-refractivity contribution in [2.75, 3.05) is 38.1 Å². The third-order valence-electron chi connectivity index (χ3n) is 5.22. The third-order valence-corrected chi connectivity index (χ3v) is 6.05. The number of furan rings is 1. The van der Waals surface area contributed by atoms with Crippen molar-refractivity contribution in [2.45, 2.75) is 26.3 Å². The Morgan fingerprint density at radius 2 is 2.00 bits per heavy atom. The Balaban J connectivity index is 1.22.